The van der Waals surface area contributed by atoms with Crippen molar-refractivity contribution >= 4 is 0 Å². The highest BCUT2D eigenvalue weighted by Gasteiger charge is 2.13. The standard InChI is InChI=1S/C8H19NO2/c1-7(2)4-8(5-10)9(3)6-11/h7-8,10-11H,4-6H2,1-3H3. The van der Waals surface area contributed by atoms with Crippen molar-refractivity contribution in [2.45, 2.75) is 26.3 Å². The van der Waals surface area contributed by atoms with Crippen molar-refractivity contribution in [2.24, 2.45) is 5.92 Å². The summed E-state index contributed by atoms with van der Waals surface area (Å²) in [5.41, 5.74) is 0. The van der Waals surface area contributed by atoms with E-state index in [1.54, 1.807) is 4.90 Å². The molecule has 68 valence electrons. The van der Waals surface area contributed by atoms with Crippen LogP contribution in [0.25, 0.3) is 0 Å². The Balaban J connectivity index is 3.74. The van der Waals surface area contributed by atoms with Crippen LogP contribution in [0.4, 0.5) is 0 Å². The number of aliphatic hydroxyl groups is 2. The molecule has 11 heavy (non-hydrogen) atoms. The lowest BCUT2D eigenvalue weighted by molar-refractivity contribution is 0.0525. The molecule has 0 saturated heterocycles. The van der Waals surface area contributed by atoms with Crippen molar-refractivity contribution < 1.29 is 10.2 Å². The van der Waals surface area contributed by atoms with Gasteiger partial charge in [-0.3, -0.25) is 4.90 Å². The van der Waals surface area contributed by atoms with Gasteiger partial charge >= 0.3 is 0 Å². The molecule has 0 aromatic rings. The predicted octanol–water partition coefficient (Wildman–Crippen LogP) is 0.275. The Morgan fingerprint density at radius 2 is 1.82 bits per heavy atom. The zero-order valence-electron chi connectivity index (χ0n) is 7.62. The number of aliphatic hydroxyl groups excluding tert-OH is 2. The molecule has 1 atom stereocenters. The van der Waals surface area contributed by atoms with Gasteiger partial charge in [-0.1, -0.05) is 13.8 Å². The largest absolute Gasteiger partial charge is 0.395 e. The molecular weight excluding hydrogens is 142 g/mol. The molecule has 0 spiro atoms. The van der Waals surface area contributed by atoms with Crippen molar-refractivity contribution in [1.82, 2.24) is 4.90 Å². The summed E-state index contributed by atoms with van der Waals surface area (Å²) in [6.45, 7) is 4.34. The third-order valence-corrected chi connectivity index (χ3v) is 1.80. The first-order valence-electron chi connectivity index (χ1n) is 4.03. The molecule has 0 bridgehead atoms. The topological polar surface area (TPSA) is 43.7 Å². The molecule has 0 fully saturated rings. The molecule has 0 aliphatic heterocycles. The van der Waals surface area contributed by atoms with Gasteiger partial charge in [-0.05, 0) is 19.4 Å². The molecule has 0 heterocycles. The average Bonchev–Trinajstić information content (AvgIpc) is 1.98. The molecule has 0 amide bonds. The second-order valence-electron chi connectivity index (χ2n) is 3.36. The molecule has 3 nitrogen and oxygen atoms in total. The summed E-state index contributed by atoms with van der Waals surface area (Å²) in [6, 6.07) is 0.0972. The number of rotatable bonds is 5. The van der Waals surface area contributed by atoms with Crippen molar-refractivity contribution in [3.05, 3.63) is 0 Å². The molecule has 0 aromatic heterocycles. The van der Waals surface area contributed by atoms with Gasteiger partial charge in [0.05, 0.1) is 13.3 Å². The van der Waals surface area contributed by atoms with Gasteiger partial charge in [0.25, 0.3) is 0 Å². The smallest absolute Gasteiger partial charge is 0.0957 e. The van der Waals surface area contributed by atoms with Gasteiger partial charge in [0.1, 0.15) is 0 Å². The van der Waals surface area contributed by atoms with Gasteiger partial charge in [0, 0.05) is 6.04 Å². The van der Waals surface area contributed by atoms with Crippen LogP contribution in [0.15, 0.2) is 0 Å². The Morgan fingerprint density at radius 1 is 1.27 bits per heavy atom. The van der Waals surface area contributed by atoms with E-state index in [4.69, 9.17) is 10.2 Å². The fraction of sp³-hybridized carbons (Fsp3) is 1.00. The summed E-state index contributed by atoms with van der Waals surface area (Å²) in [7, 11) is 1.81. The van der Waals surface area contributed by atoms with Gasteiger partial charge in [0.2, 0.25) is 0 Å². The van der Waals surface area contributed by atoms with Crippen LogP contribution < -0.4 is 0 Å². The lowest BCUT2D eigenvalue weighted by Gasteiger charge is -2.25. The summed E-state index contributed by atoms with van der Waals surface area (Å²) in [5.74, 6) is 0.557. The lowest BCUT2D eigenvalue weighted by Crippen LogP contribution is -2.36. The Bertz CT molecular complexity index is 96.1. The highest BCUT2D eigenvalue weighted by atomic mass is 16.3. The van der Waals surface area contributed by atoms with Crippen molar-refractivity contribution in [3.8, 4) is 0 Å². The van der Waals surface area contributed by atoms with Crippen LogP contribution in [0, 0.1) is 5.92 Å². The zero-order chi connectivity index (χ0) is 8.85. The summed E-state index contributed by atoms with van der Waals surface area (Å²) >= 11 is 0. The molecule has 0 saturated carbocycles. The van der Waals surface area contributed by atoms with Gasteiger partial charge in [-0.15, -0.1) is 0 Å². The minimum atomic E-state index is 0.0119. The third-order valence-electron chi connectivity index (χ3n) is 1.80. The van der Waals surface area contributed by atoms with E-state index in [1.165, 1.54) is 0 Å². The van der Waals surface area contributed by atoms with Crippen LogP contribution in [0.1, 0.15) is 20.3 Å². The Hall–Kier alpha value is -0.120. The fourth-order valence-corrected chi connectivity index (χ4v) is 1.05. The normalized spacial score (nSPS) is 14.5. The summed E-state index contributed by atoms with van der Waals surface area (Å²) in [6.07, 6.45) is 0.924. The minimum Gasteiger partial charge on any atom is -0.395 e. The van der Waals surface area contributed by atoms with Crippen molar-refractivity contribution in [1.29, 1.82) is 0 Å². The van der Waals surface area contributed by atoms with E-state index in [1.807, 2.05) is 7.05 Å². The molecule has 0 aliphatic carbocycles. The van der Waals surface area contributed by atoms with Crippen LogP contribution >= 0.6 is 0 Å². The predicted molar refractivity (Wildman–Crippen MR) is 45.2 cm³/mol. The van der Waals surface area contributed by atoms with E-state index in [0.717, 1.165) is 6.42 Å². The zero-order valence-corrected chi connectivity index (χ0v) is 7.62. The minimum absolute atomic E-state index is 0.0119. The second kappa shape index (κ2) is 5.52. The summed E-state index contributed by atoms with van der Waals surface area (Å²) < 4.78 is 0. The Kier molecular flexibility index (Phi) is 5.46. The first kappa shape index (κ1) is 10.9. The van der Waals surface area contributed by atoms with E-state index >= 15 is 0 Å². The number of nitrogens with zero attached hydrogens (tertiary/aromatic N) is 1. The average molecular weight is 161 g/mol. The van der Waals surface area contributed by atoms with Gasteiger partial charge in [-0.2, -0.15) is 0 Å². The Morgan fingerprint density at radius 3 is 2.09 bits per heavy atom. The maximum Gasteiger partial charge on any atom is 0.0957 e. The molecule has 0 radical (unpaired) electrons. The first-order valence-corrected chi connectivity index (χ1v) is 4.03. The molecule has 0 rings (SSSR count). The second-order valence-corrected chi connectivity index (χ2v) is 3.36. The highest BCUT2D eigenvalue weighted by Crippen LogP contribution is 2.08. The van der Waals surface area contributed by atoms with Gasteiger partial charge < -0.3 is 10.2 Å². The Labute approximate surface area is 68.6 Å². The fourth-order valence-electron chi connectivity index (χ4n) is 1.05. The van der Waals surface area contributed by atoms with E-state index in [9.17, 15) is 0 Å². The summed E-state index contributed by atoms with van der Waals surface area (Å²) in [5, 5.41) is 17.7. The van der Waals surface area contributed by atoms with E-state index in [0.29, 0.717) is 5.92 Å². The summed E-state index contributed by atoms with van der Waals surface area (Å²) in [4.78, 5) is 1.75. The maximum atomic E-state index is 8.92. The van der Waals surface area contributed by atoms with Crippen molar-refractivity contribution in [2.75, 3.05) is 20.4 Å². The molecule has 3 heteroatoms. The highest BCUT2D eigenvalue weighted by molar-refractivity contribution is 4.66. The monoisotopic (exact) mass is 161 g/mol. The SMILES string of the molecule is CC(C)CC(CO)N(C)CO. The third kappa shape index (κ3) is 4.35. The number of hydrogen-bond acceptors (Lipinski definition) is 3. The van der Waals surface area contributed by atoms with E-state index < -0.39 is 0 Å². The van der Waals surface area contributed by atoms with E-state index in [-0.39, 0.29) is 19.4 Å². The van der Waals surface area contributed by atoms with Crippen LogP contribution in [0.3, 0.4) is 0 Å². The lowest BCUT2D eigenvalue weighted by atomic mass is 10.0. The van der Waals surface area contributed by atoms with Crippen LogP contribution in [-0.4, -0.2) is 41.5 Å². The number of likely N-dealkylation sites (N-methyl/N-ethyl adjacent to an activating group) is 1. The maximum absolute atomic E-state index is 8.92. The molecule has 2 N–H and O–H groups in total. The van der Waals surface area contributed by atoms with Crippen LogP contribution in [-0.2, 0) is 0 Å². The number of hydrogen-bond donors (Lipinski definition) is 2. The molecule has 0 aromatic carbocycles. The molecule has 1 unspecified atom stereocenters. The first-order chi connectivity index (χ1) is 5.11. The quantitative estimate of drug-likeness (QED) is 0.569. The molecule has 0 aliphatic rings. The van der Waals surface area contributed by atoms with Crippen molar-refractivity contribution in [3.63, 3.8) is 0 Å². The van der Waals surface area contributed by atoms with Crippen LogP contribution in [0.5, 0.6) is 0 Å². The van der Waals surface area contributed by atoms with Crippen LogP contribution in [0.2, 0.25) is 0 Å². The van der Waals surface area contributed by atoms with E-state index in [2.05, 4.69) is 13.8 Å². The van der Waals surface area contributed by atoms with Gasteiger partial charge in [-0.25, -0.2) is 0 Å². The molecular formula is C8H19NO2. The van der Waals surface area contributed by atoms with Gasteiger partial charge in [0.15, 0.2) is 0 Å².